The van der Waals surface area contributed by atoms with Gasteiger partial charge in [0.1, 0.15) is 6.33 Å². The van der Waals surface area contributed by atoms with E-state index in [-0.39, 0.29) is 5.82 Å². The van der Waals surface area contributed by atoms with Crippen LogP contribution in [0.5, 0.6) is 0 Å². The highest BCUT2D eigenvalue weighted by molar-refractivity contribution is 4.83. The Morgan fingerprint density at radius 1 is 1.67 bits per heavy atom. The predicted molar refractivity (Wildman–Crippen MR) is 26.0 cm³/mol. The van der Waals surface area contributed by atoms with Crippen LogP contribution in [-0.2, 0) is 7.05 Å². The predicted octanol–water partition coefficient (Wildman–Crippen LogP) is 0.753. The van der Waals surface area contributed by atoms with Crippen molar-refractivity contribution in [1.82, 2.24) is 14.8 Å². The summed E-state index contributed by atoms with van der Waals surface area (Å²) in [7, 11) is 1.43. The largest absolute Gasteiger partial charge is 0.297 e. The second kappa shape index (κ2) is 2.08. The minimum Gasteiger partial charge on any atom is -0.248 e. The van der Waals surface area contributed by atoms with Crippen LogP contribution in [0, 0.1) is 0 Å². The summed E-state index contributed by atoms with van der Waals surface area (Å²) < 4.78 is 24.5. The summed E-state index contributed by atoms with van der Waals surface area (Å²) in [6, 6.07) is 0. The molecule has 1 rings (SSSR count). The second-order valence-electron chi connectivity index (χ2n) is 1.54. The molecule has 1 aromatic rings. The van der Waals surface area contributed by atoms with E-state index in [1.54, 1.807) is 0 Å². The van der Waals surface area contributed by atoms with Crippen LogP contribution in [0.25, 0.3) is 0 Å². The molecule has 0 saturated heterocycles. The van der Waals surface area contributed by atoms with Gasteiger partial charge in [-0.2, -0.15) is 5.10 Å². The first-order valence-electron chi connectivity index (χ1n) is 2.34. The molecule has 1 heterocycles. The lowest BCUT2D eigenvalue weighted by atomic mass is 10.6. The van der Waals surface area contributed by atoms with Gasteiger partial charge in [-0.1, -0.05) is 0 Å². The first-order valence-corrected chi connectivity index (χ1v) is 2.34. The summed E-state index contributed by atoms with van der Waals surface area (Å²) in [5, 5.41) is 3.46. The molecule has 0 aliphatic heterocycles. The van der Waals surface area contributed by atoms with Gasteiger partial charge in [0.05, 0.1) is 0 Å². The van der Waals surface area contributed by atoms with Crippen molar-refractivity contribution >= 4 is 0 Å². The van der Waals surface area contributed by atoms with Gasteiger partial charge in [0, 0.05) is 7.05 Å². The molecule has 3 nitrogen and oxygen atoms in total. The molecule has 5 heteroatoms. The van der Waals surface area contributed by atoms with Gasteiger partial charge < -0.3 is 0 Å². The Balaban J connectivity index is 2.94. The molecule has 50 valence electrons. The topological polar surface area (TPSA) is 30.7 Å². The molecule has 0 aliphatic rings. The molecule has 0 N–H and O–H groups in total. The van der Waals surface area contributed by atoms with Gasteiger partial charge in [-0.15, -0.1) is 0 Å². The van der Waals surface area contributed by atoms with Gasteiger partial charge in [0.25, 0.3) is 6.43 Å². The van der Waals surface area contributed by atoms with Gasteiger partial charge in [-0.3, -0.25) is 0 Å². The van der Waals surface area contributed by atoms with E-state index >= 15 is 0 Å². The first-order chi connectivity index (χ1) is 4.22. The zero-order valence-electron chi connectivity index (χ0n) is 4.75. The third-order valence-electron chi connectivity index (χ3n) is 0.942. The lowest BCUT2D eigenvalue weighted by Crippen LogP contribution is -1.98. The molecule has 0 fully saturated rings. The highest BCUT2D eigenvalue weighted by Crippen LogP contribution is 2.13. The van der Waals surface area contributed by atoms with Crippen molar-refractivity contribution in [2.24, 2.45) is 7.05 Å². The Labute approximate surface area is 50.3 Å². The zero-order chi connectivity index (χ0) is 6.85. The van der Waals surface area contributed by atoms with E-state index in [0.29, 0.717) is 0 Å². The Morgan fingerprint density at radius 2 is 2.33 bits per heavy atom. The molecule has 0 bridgehead atoms. The molecule has 0 atom stereocenters. The second-order valence-corrected chi connectivity index (χ2v) is 1.54. The fourth-order valence-corrected chi connectivity index (χ4v) is 0.503. The normalized spacial score (nSPS) is 10.7. The van der Waals surface area contributed by atoms with Crippen molar-refractivity contribution in [3.05, 3.63) is 12.2 Å². The fourth-order valence-electron chi connectivity index (χ4n) is 0.503. The third-order valence-corrected chi connectivity index (χ3v) is 0.942. The first kappa shape index (κ1) is 6.12. The van der Waals surface area contributed by atoms with E-state index in [1.165, 1.54) is 7.05 Å². The van der Waals surface area contributed by atoms with Gasteiger partial charge in [-0.05, 0) is 0 Å². The molecular formula is C4H5F2N3. The van der Waals surface area contributed by atoms with Crippen molar-refractivity contribution in [1.29, 1.82) is 0 Å². The number of aryl methyl sites for hydroxylation is 1. The van der Waals surface area contributed by atoms with Crippen LogP contribution in [0.1, 0.15) is 12.2 Å². The lowest BCUT2D eigenvalue weighted by Gasteiger charge is -1.94. The minimum absolute atomic E-state index is 0.296. The molecule has 0 radical (unpaired) electrons. The Morgan fingerprint density at radius 3 is 2.56 bits per heavy atom. The smallest absolute Gasteiger partial charge is 0.248 e. The molecule has 1 aromatic heterocycles. The molecule has 9 heavy (non-hydrogen) atoms. The molecule has 0 spiro atoms. The van der Waals surface area contributed by atoms with Gasteiger partial charge in [0.15, 0.2) is 5.82 Å². The van der Waals surface area contributed by atoms with Crippen LogP contribution < -0.4 is 0 Å². The standard InChI is InChI=1S/C4H5F2N3/c1-9-4(3(5)6)7-2-8-9/h2-3H,1H3. The fraction of sp³-hybridized carbons (Fsp3) is 0.500. The maximum Gasteiger partial charge on any atom is 0.297 e. The van der Waals surface area contributed by atoms with E-state index in [4.69, 9.17) is 0 Å². The van der Waals surface area contributed by atoms with Gasteiger partial charge >= 0.3 is 0 Å². The van der Waals surface area contributed by atoms with Crippen molar-refractivity contribution in [3.63, 3.8) is 0 Å². The molecule has 0 amide bonds. The van der Waals surface area contributed by atoms with Crippen molar-refractivity contribution in [2.45, 2.75) is 6.43 Å². The van der Waals surface area contributed by atoms with Crippen LogP contribution in [0.15, 0.2) is 6.33 Å². The molecule has 0 saturated carbocycles. The summed E-state index contributed by atoms with van der Waals surface area (Å²) in [5.41, 5.74) is 0. The number of aromatic nitrogens is 3. The maximum atomic E-state index is 11.7. The maximum absolute atomic E-state index is 11.7. The Bertz CT molecular complexity index is 195. The quantitative estimate of drug-likeness (QED) is 0.566. The van der Waals surface area contributed by atoms with E-state index in [1.807, 2.05) is 0 Å². The van der Waals surface area contributed by atoms with Crippen LogP contribution in [-0.4, -0.2) is 14.8 Å². The van der Waals surface area contributed by atoms with Crippen molar-refractivity contribution in [3.8, 4) is 0 Å². The zero-order valence-corrected chi connectivity index (χ0v) is 4.75. The summed E-state index contributed by atoms with van der Waals surface area (Å²) >= 11 is 0. The summed E-state index contributed by atoms with van der Waals surface area (Å²) in [6.45, 7) is 0. The van der Waals surface area contributed by atoms with E-state index < -0.39 is 6.43 Å². The number of nitrogens with zero attached hydrogens (tertiary/aromatic N) is 3. The van der Waals surface area contributed by atoms with Crippen molar-refractivity contribution < 1.29 is 8.78 Å². The number of halogens is 2. The highest BCUT2D eigenvalue weighted by Gasteiger charge is 2.11. The van der Waals surface area contributed by atoms with Crippen LogP contribution >= 0.6 is 0 Å². The Kier molecular flexibility index (Phi) is 1.42. The van der Waals surface area contributed by atoms with Crippen molar-refractivity contribution in [2.75, 3.05) is 0 Å². The Hall–Kier alpha value is -1.00. The summed E-state index contributed by atoms with van der Waals surface area (Å²) in [5.74, 6) is -0.296. The average molecular weight is 133 g/mol. The highest BCUT2D eigenvalue weighted by atomic mass is 19.3. The summed E-state index contributed by atoms with van der Waals surface area (Å²) in [6.07, 6.45) is -1.43. The van der Waals surface area contributed by atoms with E-state index in [9.17, 15) is 8.78 Å². The molecule has 0 unspecified atom stereocenters. The monoisotopic (exact) mass is 133 g/mol. The average Bonchev–Trinajstić information content (AvgIpc) is 2.13. The minimum atomic E-state index is -2.53. The lowest BCUT2D eigenvalue weighted by molar-refractivity contribution is 0.135. The number of hydrogen-bond donors (Lipinski definition) is 0. The van der Waals surface area contributed by atoms with E-state index in [2.05, 4.69) is 10.1 Å². The van der Waals surface area contributed by atoms with E-state index in [0.717, 1.165) is 11.0 Å². The van der Waals surface area contributed by atoms with Crippen LogP contribution in [0.2, 0.25) is 0 Å². The number of alkyl halides is 2. The molecule has 0 aromatic carbocycles. The van der Waals surface area contributed by atoms with Crippen LogP contribution in [0.4, 0.5) is 8.78 Å². The SMILES string of the molecule is Cn1ncnc1C(F)F. The number of rotatable bonds is 1. The summed E-state index contributed by atoms with van der Waals surface area (Å²) in [4.78, 5) is 3.32. The molecule has 0 aliphatic carbocycles. The third kappa shape index (κ3) is 1.04. The van der Waals surface area contributed by atoms with Gasteiger partial charge in [-0.25, -0.2) is 18.4 Å². The number of hydrogen-bond acceptors (Lipinski definition) is 2. The van der Waals surface area contributed by atoms with Gasteiger partial charge in [0.2, 0.25) is 0 Å². The van der Waals surface area contributed by atoms with Crippen LogP contribution in [0.3, 0.4) is 0 Å². The molecular weight excluding hydrogens is 128 g/mol.